The van der Waals surface area contributed by atoms with Crippen LogP contribution in [0.4, 0.5) is 0 Å². The number of rotatable bonds is 5. The topological polar surface area (TPSA) is 44.3 Å². The van der Waals surface area contributed by atoms with Crippen LogP contribution in [0.5, 0.6) is 0 Å². The van der Waals surface area contributed by atoms with Crippen molar-refractivity contribution in [1.29, 1.82) is 0 Å². The standard InChI is InChI=1S/C8H18N2OS/c1-3-4-5-9-8(12)10-6-7(2)11/h7,11H,3-6H2,1-2H3,(H2,9,10,12). The van der Waals surface area contributed by atoms with Crippen LogP contribution in [0.25, 0.3) is 0 Å². The first kappa shape index (κ1) is 11.6. The van der Waals surface area contributed by atoms with Crippen molar-refractivity contribution in [3.63, 3.8) is 0 Å². The SMILES string of the molecule is CCCCNC(=S)NCC(C)O. The normalized spacial score (nSPS) is 12.2. The van der Waals surface area contributed by atoms with Crippen molar-refractivity contribution >= 4 is 17.3 Å². The summed E-state index contributed by atoms with van der Waals surface area (Å²) in [5.41, 5.74) is 0. The van der Waals surface area contributed by atoms with Gasteiger partial charge in [0.05, 0.1) is 6.10 Å². The smallest absolute Gasteiger partial charge is 0.166 e. The highest BCUT2D eigenvalue weighted by Gasteiger charge is 1.96. The van der Waals surface area contributed by atoms with Gasteiger partial charge in [0.25, 0.3) is 0 Å². The van der Waals surface area contributed by atoms with Crippen LogP contribution in [0.1, 0.15) is 26.7 Å². The van der Waals surface area contributed by atoms with Gasteiger partial charge in [-0.05, 0) is 25.6 Å². The van der Waals surface area contributed by atoms with E-state index in [2.05, 4.69) is 17.6 Å². The highest BCUT2D eigenvalue weighted by molar-refractivity contribution is 7.80. The van der Waals surface area contributed by atoms with E-state index in [0.717, 1.165) is 19.4 Å². The van der Waals surface area contributed by atoms with Crippen LogP contribution in [0.15, 0.2) is 0 Å². The summed E-state index contributed by atoms with van der Waals surface area (Å²) in [6.07, 6.45) is 1.93. The third-order valence-corrected chi connectivity index (χ3v) is 1.66. The number of aliphatic hydroxyl groups excluding tert-OH is 1. The van der Waals surface area contributed by atoms with Gasteiger partial charge >= 0.3 is 0 Å². The van der Waals surface area contributed by atoms with Gasteiger partial charge in [-0.3, -0.25) is 0 Å². The molecule has 0 aliphatic heterocycles. The van der Waals surface area contributed by atoms with Gasteiger partial charge in [-0.1, -0.05) is 13.3 Å². The third kappa shape index (κ3) is 7.75. The Bertz CT molecular complexity index is 128. The molecule has 0 saturated heterocycles. The summed E-state index contributed by atoms with van der Waals surface area (Å²) in [5, 5.41) is 15.5. The lowest BCUT2D eigenvalue weighted by molar-refractivity contribution is 0.198. The number of nitrogens with one attached hydrogen (secondary N) is 2. The van der Waals surface area contributed by atoms with Crippen LogP contribution in [0, 0.1) is 0 Å². The molecule has 0 rings (SSSR count). The summed E-state index contributed by atoms with van der Waals surface area (Å²) < 4.78 is 0. The fourth-order valence-electron chi connectivity index (χ4n) is 0.682. The van der Waals surface area contributed by atoms with Gasteiger partial charge in [0.15, 0.2) is 5.11 Å². The number of hydrogen-bond acceptors (Lipinski definition) is 2. The summed E-state index contributed by atoms with van der Waals surface area (Å²) in [4.78, 5) is 0. The Morgan fingerprint density at radius 3 is 2.67 bits per heavy atom. The molecule has 0 saturated carbocycles. The van der Waals surface area contributed by atoms with E-state index in [1.54, 1.807) is 6.92 Å². The maximum Gasteiger partial charge on any atom is 0.166 e. The maximum absolute atomic E-state index is 8.92. The van der Waals surface area contributed by atoms with Crippen molar-refractivity contribution < 1.29 is 5.11 Å². The minimum atomic E-state index is -0.351. The molecule has 0 aromatic carbocycles. The summed E-state index contributed by atoms with van der Waals surface area (Å²) in [6.45, 7) is 5.27. The molecule has 0 amide bonds. The zero-order valence-electron chi connectivity index (χ0n) is 7.76. The van der Waals surface area contributed by atoms with Crippen molar-refractivity contribution in [2.75, 3.05) is 13.1 Å². The first-order chi connectivity index (χ1) is 5.66. The predicted octanol–water partition coefficient (Wildman–Crippen LogP) is 0.631. The molecular weight excluding hydrogens is 172 g/mol. The van der Waals surface area contributed by atoms with Gasteiger partial charge < -0.3 is 15.7 Å². The summed E-state index contributed by atoms with van der Waals surface area (Å²) in [7, 11) is 0. The van der Waals surface area contributed by atoms with Gasteiger partial charge in [0.1, 0.15) is 0 Å². The van der Waals surface area contributed by atoms with Crippen LogP contribution in [-0.4, -0.2) is 29.4 Å². The largest absolute Gasteiger partial charge is 0.392 e. The lowest BCUT2D eigenvalue weighted by Gasteiger charge is -2.10. The Morgan fingerprint density at radius 1 is 1.50 bits per heavy atom. The Balaban J connectivity index is 3.22. The average Bonchev–Trinajstić information content (AvgIpc) is 2.01. The van der Waals surface area contributed by atoms with E-state index in [1.165, 1.54) is 0 Å². The molecule has 0 heterocycles. The van der Waals surface area contributed by atoms with E-state index in [1.807, 2.05) is 0 Å². The molecule has 3 nitrogen and oxygen atoms in total. The summed E-state index contributed by atoms with van der Waals surface area (Å²) >= 11 is 4.95. The van der Waals surface area contributed by atoms with Crippen LogP contribution in [-0.2, 0) is 0 Å². The maximum atomic E-state index is 8.92. The molecule has 0 aliphatic carbocycles. The monoisotopic (exact) mass is 190 g/mol. The number of hydrogen-bond donors (Lipinski definition) is 3. The molecule has 0 spiro atoms. The summed E-state index contributed by atoms with van der Waals surface area (Å²) in [5.74, 6) is 0. The van der Waals surface area contributed by atoms with E-state index in [0.29, 0.717) is 11.7 Å². The minimum absolute atomic E-state index is 0.351. The van der Waals surface area contributed by atoms with Crippen LogP contribution in [0.2, 0.25) is 0 Å². The van der Waals surface area contributed by atoms with Crippen molar-refractivity contribution in [3.8, 4) is 0 Å². The lowest BCUT2D eigenvalue weighted by atomic mass is 10.3. The molecule has 0 bridgehead atoms. The molecule has 0 radical (unpaired) electrons. The van der Waals surface area contributed by atoms with Crippen LogP contribution < -0.4 is 10.6 Å². The fraction of sp³-hybridized carbons (Fsp3) is 0.875. The van der Waals surface area contributed by atoms with Crippen molar-refractivity contribution in [1.82, 2.24) is 10.6 Å². The Labute approximate surface area is 79.5 Å². The van der Waals surface area contributed by atoms with E-state index >= 15 is 0 Å². The molecular formula is C8H18N2OS. The first-order valence-corrected chi connectivity index (χ1v) is 4.77. The van der Waals surface area contributed by atoms with Crippen molar-refractivity contribution in [3.05, 3.63) is 0 Å². The molecule has 4 heteroatoms. The lowest BCUT2D eigenvalue weighted by Crippen LogP contribution is -2.39. The Hall–Kier alpha value is -0.350. The van der Waals surface area contributed by atoms with Gasteiger partial charge in [-0.25, -0.2) is 0 Å². The Kier molecular flexibility index (Phi) is 7.09. The molecule has 1 atom stereocenters. The zero-order chi connectivity index (χ0) is 9.40. The fourth-order valence-corrected chi connectivity index (χ4v) is 0.867. The molecule has 0 fully saturated rings. The van der Waals surface area contributed by atoms with E-state index in [-0.39, 0.29) is 6.10 Å². The van der Waals surface area contributed by atoms with E-state index in [4.69, 9.17) is 17.3 Å². The van der Waals surface area contributed by atoms with Gasteiger partial charge in [0.2, 0.25) is 0 Å². The Morgan fingerprint density at radius 2 is 2.17 bits per heavy atom. The first-order valence-electron chi connectivity index (χ1n) is 4.36. The predicted molar refractivity (Wildman–Crippen MR) is 55.2 cm³/mol. The van der Waals surface area contributed by atoms with Crippen LogP contribution >= 0.6 is 12.2 Å². The quantitative estimate of drug-likeness (QED) is 0.439. The third-order valence-electron chi connectivity index (χ3n) is 1.37. The van der Waals surface area contributed by atoms with Crippen molar-refractivity contribution in [2.24, 2.45) is 0 Å². The van der Waals surface area contributed by atoms with Crippen LogP contribution in [0.3, 0.4) is 0 Å². The highest BCUT2D eigenvalue weighted by atomic mass is 32.1. The minimum Gasteiger partial charge on any atom is -0.392 e. The highest BCUT2D eigenvalue weighted by Crippen LogP contribution is 1.82. The van der Waals surface area contributed by atoms with Crippen molar-refractivity contribution in [2.45, 2.75) is 32.8 Å². The molecule has 0 aromatic rings. The van der Waals surface area contributed by atoms with E-state index < -0.39 is 0 Å². The molecule has 12 heavy (non-hydrogen) atoms. The number of aliphatic hydroxyl groups is 1. The van der Waals surface area contributed by atoms with Gasteiger partial charge in [-0.15, -0.1) is 0 Å². The summed E-state index contributed by atoms with van der Waals surface area (Å²) in [6, 6.07) is 0. The number of thiocarbonyl (C=S) groups is 1. The number of unbranched alkanes of at least 4 members (excludes halogenated alkanes) is 1. The van der Waals surface area contributed by atoms with E-state index in [9.17, 15) is 0 Å². The molecule has 0 aliphatic rings. The molecule has 1 unspecified atom stereocenters. The average molecular weight is 190 g/mol. The van der Waals surface area contributed by atoms with Gasteiger partial charge in [-0.2, -0.15) is 0 Å². The molecule has 3 N–H and O–H groups in total. The molecule has 0 aromatic heterocycles. The second-order valence-electron chi connectivity index (χ2n) is 2.84. The second-order valence-corrected chi connectivity index (χ2v) is 3.25. The van der Waals surface area contributed by atoms with Gasteiger partial charge in [0, 0.05) is 13.1 Å². The zero-order valence-corrected chi connectivity index (χ0v) is 8.58. The second kappa shape index (κ2) is 7.31. The molecule has 72 valence electrons.